The molecule has 2 rings (SSSR count). The highest BCUT2D eigenvalue weighted by Gasteiger charge is 2.18. The molecule has 0 aliphatic heterocycles. The Bertz CT molecular complexity index is 837. The molecule has 0 saturated carbocycles. The van der Waals surface area contributed by atoms with Gasteiger partial charge < -0.3 is 10.2 Å². The van der Waals surface area contributed by atoms with Gasteiger partial charge in [-0.3, -0.25) is 4.79 Å². The molecule has 1 amide bonds. The minimum atomic E-state index is -2.51. The van der Waals surface area contributed by atoms with Crippen LogP contribution < -0.4 is 5.32 Å². The molecule has 0 bridgehead atoms. The third-order valence-corrected chi connectivity index (χ3v) is 4.51. The summed E-state index contributed by atoms with van der Waals surface area (Å²) in [5, 5.41) is 3.08. The number of nitrogens with zero attached hydrogens (tertiary/aromatic N) is 2. The second-order valence-corrected chi connectivity index (χ2v) is 6.39. The zero-order valence-corrected chi connectivity index (χ0v) is 15.7. The fourth-order valence-corrected chi connectivity index (χ4v) is 2.95. The average molecular weight is 373 g/mol. The van der Waals surface area contributed by atoms with Crippen molar-refractivity contribution in [2.45, 2.75) is 19.9 Å². The second-order valence-electron chi connectivity index (χ2n) is 5.78. The molecule has 6 nitrogen and oxygen atoms in total. The van der Waals surface area contributed by atoms with Crippen LogP contribution in [-0.4, -0.2) is 38.9 Å². The molecule has 1 N–H and O–H groups in total. The smallest absolute Gasteiger partial charge is 0.316 e. The quantitative estimate of drug-likeness (QED) is 0.771. The van der Waals surface area contributed by atoms with Crippen LogP contribution in [0.3, 0.4) is 0 Å². The first-order valence-corrected chi connectivity index (χ1v) is 9.56. The van der Waals surface area contributed by atoms with Crippen molar-refractivity contribution in [2.24, 2.45) is 4.36 Å². The Kier molecular flexibility index (Phi) is 7.50. The minimum Gasteiger partial charge on any atom is -0.344 e. The Morgan fingerprint density at radius 3 is 2.19 bits per heavy atom. The van der Waals surface area contributed by atoms with E-state index in [9.17, 15) is 13.2 Å². The molecule has 0 aromatic heterocycles. The van der Waals surface area contributed by atoms with E-state index in [0.29, 0.717) is 12.1 Å². The molecule has 2 aromatic carbocycles. The van der Waals surface area contributed by atoms with Crippen LogP contribution in [-0.2, 0) is 10.5 Å². The first kappa shape index (κ1) is 19.8. The van der Waals surface area contributed by atoms with E-state index in [0.717, 1.165) is 18.7 Å². The van der Waals surface area contributed by atoms with Crippen molar-refractivity contribution in [1.82, 2.24) is 10.2 Å². The van der Waals surface area contributed by atoms with Crippen LogP contribution in [0.25, 0.3) is 0 Å². The summed E-state index contributed by atoms with van der Waals surface area (Å²) in [5.74, 6) is -0.208. The summed E-state index contributed by atoms with van der Waals surface area (Å²) in [6.07, 6.45) is 0. The highest BCUT2D eigenvalue weighted by molar-refractivity contribution is 7.61. The predicted molar refractivity (Wildman–Crippen MR) is 102 cm³/mol. The highest BCUT2D eigenvalue weighted by atomic mass is 32.2. The molecular formula is C19H23N3O3S. The predicted octanol–water partition coefficient (Wildman–Crippen LogP) is 3.19. The van der Waals surface area contributed by atoms with Gasteiger partial charge in [0.1, 0.15) is 0 Å². The lowest BCUT2D eigenvalue weighted by Gasteiger charge is -2.26. The highest BCUT2D eigenvalue weighted by Crippen LogP contribution is 2.17. The number of nitrogens with one attached hydrogen (secondary N) is 1. The van der Waals surface area contributed by atoms with Crippen LogP contribution in [0.5, 0.6) is 0 Å². The molecule has 7 heteroatoms. The van der Waals surface area contributed by atoms with Crippen LogP contribution in [0, 0.1) is 0 Å². The summed E-state index contributed by atoms with van der Waals surface area (Å²) >= 11 is 0. The summed E-state index contributed by atoms with van der Waals surface area (Å²) in [6.45, 7) is 6.70. The van der Waals surface area contributed by atoms with Gasteiger partial charge in [-0.1, -0.05) is 44.2 Å². The molecule has 1 atom stereocenters. The van der Waals surface area contributed by atoms with Crippen molar-refractivity contribution in [3.63, 3.8) is 0 Å². The van der Waals surface area contributed by atoms with Crippen molar-refractivity contribution < 1.29 is 13.2 Å². The third kappa shape index (κ3) is 5.79. The number of benzene rings is 2. The van der Waals surface area contributed by atoms with E-state index >= 15 is 0 Å². The largest absolute Gasteiger partial charge is 0.344 e. The van der Waals surface area contributed by atoms with Crippen LogP contribution >= 0.6 is 0 Å². The fourth-order valence-electron chi connectivity index (χ4n) is 2.66. The SMILES string of the molecule is CCN(CC)CC(NC(=O)c1ccc(N=S(=O)=O)cc1)c1ccccc1. The maximum atomic E-state index is 12.6. The molecule has 0 fully saturated rings. The van der Waals surface area contributed by atoms with Gasteiger partial charge in [-0.15, -0.1) is 4.36 Å². The van der Waals surface area contributed by atoms with E-state index in [1.54, 1.807) is 12.1 Å². The number of hydrogen-bond donors (Lipinski definition) is 1. The number of likely N-dealkylation sites (N-methyl/N-ethyl adjacent to an activating group) is 1. The summed E-state index contributed by atoms with van der Waals surface area (Å²) in [7, 11) is -2.51. The van der Waals surface area contributed by atoms with Crippen LogP contribution in [0.4, 0.5) is 5.69 Å². The molecule has 0 aliphatic rings. The number of rotatable bonds is 8. The van der Waals surface area contributed by atoms with E-state index < -0.39 is 10.5 Å². The summed E-state index contributed by atoms with van der Waals surface area (Å²) in [4.78, 5) is 14.9. The van der Waals surface area contributed by atoms with Crippen LogP contribution in [0.2, 0.25) is 0 Å². The Labute approximate surface area is 155 Å². The molecule has 0 saturated heterocycles. The van der Waals surface area contributed by atoms with Gasteiger partial charge in [0.05, 0.1) is 11.7 Å². The topological polar surface area (TPSA) is 78.8 Å². The summed E-state index contributed by atoms with van der Waals surface area (Å²) in [5.41, 5.74) is 1.79. The molecule has 138 valence electrons. The number of amides is 1. The molecule has 0 heterocycles. The molecule has 1 unspecified atom stereocenters. The molecule has 2 aromatic rings. The van der Waals surface area contributed by atoms with Crippen LogP contribution in [0.1, 0.15) is 35.8 Å². The zero-order valence-electron chi connectivity index (χ0n) is 14.9. The first-order valence-electron chi connectivity index (χ1n) is 8.52. The molecule has 0 radical (unpaired) electrons. The summed E-state index contributed by atoms with van der Waals surface area (Å²) < 4.78 is 24.6. The van der Waals surface area contributed by atoms with Crippen molar-refractivity contribution in [3.8, 4) is 0 Å². The molecule has 26 heavy (non-hydrogen) atoms. The number of carbonyl (C=O) groups is 1. The van der Waals surface area contributed by atoms with Crippen molar-refractivity contribution in [2.75, 3.05) is 19.6 Å². The van der Waals surface area contributed by atoms with Crippen molar-refractivity contribution in [1.29, 1.82) is 0 Å². The van der Waals surface area contributed by atoms with E-state index in [2.05, 4.69) is 28.4 Å². The first-order chi connectivity index (χ1) is 12.5. The average Bonchev–Trinajstić information content (AvgIpc) is 2.65. The summed E-state index contributed by atoms with van der Waals surface area (Å²) in [6, 6.07) is 15.9. The van der Waals surface area contributed by atoms with E-state index in [-0.39, 0.29) is 17.6 Å². The molecule has 0 spiro atoms. The van der Waals surface area contributed by atoms with Gasteiger partial charge in [0.2, 0.25) is 0 Å². The van der Waals surface area contributed by atoms with Gasteiger partial charge in [0, 0.05) is 12.1 Å². The van der Waals surface area contributed by atoms with Gasteiger partial charge in [0.25, 0.3) is 5.91 Å². The normalized spacial score (nSPS) is 11.8. The van der Waals surface area contributed by atoms with Crippen molar-refractivity contribution in [3.05, 3.63) is 65.7 Å². The van der Waals surface area contributed by atoms with E-state index in [1.165, 1.54) is 12.1 Å². The van der Waals surface area contributed by atoms with Gasteiger partial charge in [-0.25, -0.2) is 0 Å². The monoisotopic (exact) mass is 373 g/mol. The fraction of sp³-hybridized carbons (Fsp3) is 0.316. The maximum absolute atomic E-state index is 12.6. The van der Waals surface area contributed by atoms with Gasteiger partial charge in [0.15, 0.2) is 0 Å². The third-order valence-electron chi connectivity index (χ3n) is 4.15. The van der Waals surface area contributed by atoms with Crippen molar-refractivity contribution >= 4 is 22.1 Å². The van der Waals surface area contributed by atoms with Gasteiger partial charge >= 0.3 is 10.5 Å². The maximum Gasteiger partial charge on any atom is 0.316 e. The number of hydrogen-bond acceptors (Lipinski definition) is 5. The van der Waals surface area contributed by atoms with E-state index in [1.807, 2.05) is 30.3 Å². The van der Waals surface area contributed by atoms with E-state index in [4.69, 9.17) is 0 Å². The number of carbonyl (C=O) groups excluding carboxylic acids is 1. The Hall–Kier alpha value is -2.51. The second kappa shape index (κ2) is 9.84. The standard InChI is InChI=1S/C19H23N3O3S/c1-3-22(4-2)14-18(15-8-6-5-7-9-15)20-19(23)16-10-12-17(13-11-16)21-26(24)25/h5-13,18H,3-4,14H2,1-2H3,(H,20,23). The van der Waals surface area contributed by atoms with Gasteiger partial charge in [-0.2, -0.15) is 8.42 Å². The molecule has 0 aliphatic carbocycles. The Morgan fingerprint density at radius 1 is 1.04 bits per heavy atom. The zero-order chi connectivity index (χ0) is 18.9. The lowest BCUT2D eigenvalue weighted by molar-refractivity contribution is 0.0925. The lowest BCUT2D eigenvalue weighted by Crippen LogP contribution is -2.38. The van der Waals surface area contributed by atoms with Crippen LogP contribution in [0.15, 0.2) is 59.0 Å². The molecular weight excluding hydrogens is 350 g/mol. The lowest BCUT2D eigenvalue weighted by atomic mass is 10.1. The Morgan fingerprint density at radius 2 is 1.65 bits per heavy atom. The minimum absolute atomic E-state index is 0.137. The van der Waals surface area contributed by atoms with Gasteiger partial charge in [-0.05, 0) is 42.9 Å². The Balaban J connectivity index is 2.18.